The zero-order valence-corrected chi connectivity index (χ0v) is 5.84. The van der Waals surface area contributed by atoms with Gasteiger partial charge < -0.3 is 5.11 Å². The van der Waals surface area contributed by atoms with Crippen LogP contribution in [-0.2, 0) is 0 Å². The lowest BCUT2D eigenvalue weighted by molar-refractivity contribution is 0.399. The lowest BCUT2D eigenvalue weighted by atomic mass is 10.7. The van der Waals surface area contributed by atoms with Crippen LogP contribution >= 0.6 is 0 Å². The van der Waals surface area contributed by atoms with Crippen LogP contribution < -0.4 is 0 Å². The van der Waals surface area contributed by atoms with E-state index in [0.29, 0.717) is 0 Å². The molecule has 0 saturated heterocycles. The number of aryl methyl sites for hydroxylation is 2. The number of hydrogen-bond donors (Lipinski definition) is 2. The third-order valence-electron chi connectivity index (χ3n) is 0.709. The minimum atomic E-state index is 0.803. The smallest absolute Gasteiger partial charge is 0.147 e. The van der Waals surface area contributed by atoms with E-state index in [4.69, 9.17) is 5.11 Å². The average Bonchev–Trinajstić information content (AvgIpc) is 2.20. The second-order valence-electron chi connectivity index (χ2n) is 1.47. The summed E-state index contributed by atoms with van der Waals surface area (Å²) < 4.78 is 0. The van der Waals surface area contributed by atoms with Crippen LogP contribution in [0.5, 0.6) is 0 Å². The number of hydrogen-bond acceptors (Lipinski definition) is 3. The first-order valence-corrected chi connectivity index (χ1v) is 2.59. The van der Waals surface area contributed by atoms with Gasteiger partial charge in [0.05, 0.1) is 0 Å². The van der Waals surface area contributed by atoms with E-state index in [0.717, 1.165) is 18.8 Å². The zero-order chi connectivity index (χ0) is 7.28. The highest BCUT2D eigenvalue weighted by molar-refractivity contribution is 4.82. The van der Waals surface area contributed by atoms with E-state index >= 15 is 0 Å². The number of aliphatic hydroxyl groups excluding tert-OH is 1. The highest BCUT2D eigenvalue weighted by Gasteiger charge is 1.86. The summed E-state index contributed by atoms with van der Waals surface area (Å²) in [5.74, 6) is 1.68. The van der Waals surface area contributed by atoms with Crippen molar-refractivity contribution >= 4 is 0 Å². The Kier molecular flexibility index (Phi) is 3.62. The molecule has 0 aliphatic carbocycles. The van der Waals surface area contributed by atoms with E-state index in [1.807, 2.05) is 13.8 Å². The van der Waals surface area contributed by atoms with E-state index in [2.05, 4.69) is 15.2 Å². The summed E-state index contributed by atoms with van der Waals surface area (Å²) in [7, 11) is 1.00. The molecule has 0 aliphatic rings. The molecule has 1 heterocycles. The molecule has 0 bridgehead atoms. The van der Waals surface area contributed by atoms with Gasteiger partial charge in [0.1, 0.15) is 11.6 Å². The van der Waals surface area contributed by atoms with Gasteiger partial charge in [-0.15, -0.1) is 0 Å². The van der Waals surface area contributed by atoms with Crippen molar-refractivity contribution in [2.45, 2.75) is 13.8 Å². The lowest BCUT2D eigenvalue weighted by Crippen LogP contribution is -1.70. The van der Waals surface area contributed by atoms with Crippen molar-refractivity contribution in [2.24, 2.45) is 0 Å². The van der Waals surface area contributed by atoms with E-state index in [1.165, 1.54) is 0 Å². The maximum atomic E-state index is 7.00. The molecule has 0 unspecified atom stereocenters. The largest absolute Gasteiger partial charge is 0.400 e. The van der Waals surface area contributed by atoms with Crippen molar-refractivity contribution in [2.75, 3.05) is 7.11 Å². The number of rotatable bonds is 0. The van der Waals surface area contributed by atoms with Crippen LogP contribution in [0.4, 0.5) is 0 Å². The Bertz CT molecular complexity index is 144. The van der Waals surface area contributed by atoms with Crippen LogP contribution in [0.1, 0.15) is 11.6 Å². The van der Waals surface area contributed by atoms with Gasteiger partial charge in [0.2, 0.25) is 0 Å². The maximum absolute atomic E-state index is 7.00. The first-order valence-electron chi connectivity index (χ1n) is 2.59. The molecule has 0 fully saturated rings. The molecule has 0 amide bonds. The summed E-state index contributed by atoms with van der Waals surface area (Å²) >= 11 is 0. The molecule has 0 aromatic carbocycles. The Hall–Kier alpha value is -0.900. The Morgan fingerprint density at radius 2 is 1.89 bits per heavy atom. The first kappa shape index (κ1) is 8.10. The van der Waals surface area contributed by atoms with Crippen LogP contribution in [0.25, 0.3) is 0 Å². The Balaban J connectivity index is 0.000000291. The number of H-pyrrole nitrogens is 1. The average molecular weight is 129 g/mol. The molecule has 0 aliphatic heterocycles. The van der Waals surface area contributed by atoms with E-state index in [9.17, 15) is 0 Å². The molecule has 52 valence electrons. The molecule has 1 aromatic rings. The minimum absolute atomic E-state index is 0.803. The van der Waals surface area contributed by atoms with Gasteiger partial charge >= 0.3 is 0 Å². The van der Waals surface area contributed by atoms with Crippen molar-refractivity contribution in [3.8, 4) is 0 Å². The van der Waals surface area contributed by atoms with Crippen molar-refractivity contribution in [3.63, 3.8) is 0 Å². The standard InChI is InChI=1S/C4H7N3.CH4O/c1-3-5-4(2)7-6-3;1-2/h1-2H3,(H,5,6,7);2H,1H3. The van der Waals surface area contributed by atoms with Crippen LogP contribution in [-0.4, -0.2) is 27.4 Å². The number of aliphatic hydroxyl groups is 1. The summed E-state index contributed by atoms with van der Waals surface area (Å²) in [4.78, 5) is 3.94. The van der Waals surface area contributed by atoms with Gasteiger partial charge in [0, 0.05) is 7.11 Å². The molecule has 0 radical (unpaired) electrons. The minimum Gasteiger partial charge on any atom is -0.400 e. The highest BCUT2D eigenvalue weighted by atomic mass is 16.2. The fourth-order valence-corrected chi connectivity index (χ4v) is 0.455. The summed E-state index contributed by atoms with van der Waals surface area (Å²) in [6.07, 6.45) is 0. The molecular weight excluding hydrogens is 118 g/mol. The quantitative estimate of drug-likeness (QED) is 0.519. The Morgan fingerprint density at radius 1 is 1.33 bits per heavy atom. The van der Waals surface area contributed by atoms with Crippen LogP contribution in [0, 0.1) is 13.8 Å². The van der Waals surface area contributed by atoms with Crippen molar-refractivity contribution in [1.29, 1.82) is 0 Å². The lowest BCUT2D eigenvalue weighted by Gasteiger charge is -1.68. The van der Waals surface area contributed by atoms with Crippen LogP contribution in [0.2, 0.25) is 0 Å². The molecule has 1 aromatic heterocycles. The van der Waals surface area contributed by atoms with E-state index in [-0.39, 0.29) is 0 Å². The van der Waals surface area contributed by atoms with Gasteiger partial charge in [-0.2, -0.15) is 5.10 Å². The van der Waals surface area contributed by atoms with Gasteiger partial charge in [-0.1, -0.05) is 0 Å². The number of nitrogens with zero attached hydrogens (tertiary/aromatic N) is 2. The second kappa shape index (κ2) is 4.03. The third-order valence-corrected chi connectivity index (χ3v) is 0.709. The molecule has 9 heavy (non-hydrogen) atoms. The predicted octanol–water partition coefficient (Wildman–Crippen LogP) is 0.0300. The highest BCUT2D eigenvalue weighted by Crippen LogP contribution is 1.83. The predicted molar refractivity (Wildman–Crippen MR) is 34.0 cm³/mol. The van der Waals surface area contributed by atoms with Gasteiger partial charge in [0.25, 0.3) is 0 Å². The summed E-state index contributed by atoms with van der Waals surface area (Å²) in [5, 5.41) is 13.5. The summed E-state index contributed by atoms with van der Waals surface area (Å²) in [6.45, 7) is 3.73. The van der Waals surface area contributed by atoms with E-state index in [1.54, 1.807) is 0 Å². The maximum Gasteiger partial charge on any atom is 0.147 e. The molecule has 4 nitrogen and oxygen atoms in total. The summed E-state index contributed by atoms with van der Waals surface area (Å²) in [5.41, 5.74) is 0. The van der Waals surface area contributed by atoms with Crippen molar-refractivity contribution < 1.29 is 5.11 Å². The second-order valence-corrected chi connectivity index (χ2v) is 1.47. The SMILES string of the molecule is CO.Cc1n[nH]c(C)n1. The normalized spacial score (nSPS) is 8.00. The van der Waals surface area contributed by atoms with Gasteiger partial charge in [-0.25, -0.2) is 4.98 Å². The molecule has 0 spiro atoms. The zero-order valence-electron chi connectivity index (χ0n) is 5.84. The fraction of sp³-hybridized carbons (Fsp3) is 0.600. The van der Waals surface area contributed by atoms with Crippen LogP contribution in [0.3, 0.4) is 0 Å². The fourth-order valence-electron chi connectivity index (χ4n) is 0.455. The molecular formula is C5H11N3O. The van der Waals surface area contributed by atoms with Gasteiger partial charge in [-0.05, 0) is 13.8 Å². The molecule has 0 saturated carbocycles. The number of aromatic amines is 1. The Morgan fingerprint density at radius 3 is 2.00 bits per heavy atom. The van der Waals surface area contributed by atoms with Gasteiger partial charge in [-0.3, -0.25) is 5.10 Å². The van der Waals surface area contributed by atoms with Crippen molar-refractivity contribution in [1.82, 2.24) is 15.2 Å². The molecule has 2 N–H and O–H groups in total. The van der Waals surface area contributed by atoms with Gasteiger partial charge in [0.15, 0.2) is 0 Å². The summed E-state index contributed by atoms with van der Waals surface area (Å²) in [6, 6.07) is 0. The first-order chi connectivity index (χ1) is 4.29. The Labute approximate surface area is 53.9 Å². The topological polar surface area (TPSA) is 61.8 Å². The monoisotopic (exact) mass is 129 g/mol. The molecule has 0 atom stereocenters. The number of nitrogens with one attached hydrogen (secondary N) is 1. The van der Waals surface area contributed by atoms with Crippen molar-refractivity contribution in [3.05, 3.63) is 11.6 Å². The third kappa shape index (κ3) is 2.81. The van der Waals surface area contributed by atoms with Crippen LogP contribution in [0.15, 0.2) is 0 Å². The molecule has 4 heteroatoms. The number of aromatic nitrogens is 3. The molecule has 1 rings (SSSR count). The van der Waals surface area contributed by atoms with E-state index < -0.39 is 0 Å².